The molecule has 0 aliphatic carbocycles. The molecule has 1 aliphatic heterocycles. The molecule has 2 aromatic rings. The zero-order valence-electron chi connectivity index (χ0n) is 13.1. The first-order valence-electron chi connectivity index (χ1n) is 7.57. The number of nitrogens with one attached hydrogen (secondary N) is 1. The monoisotopic (exact) mass is 364 g/mol. The first kappa shape index (κ1) is 17.0. The number of carbonyl (C=O) groups excluding carboxylic acids is 1. The molecule has 2 aromatic carbocycles. The van der Waals surface area contributed by atoms with E-state index in [0.717, 1.165) is 9.87 Å². The lowest BCUT2D eigenvalue weighted by molar-refractivity contribution is -0.137. The highest BCUT2D eigenvalue weighted by Gasteiger charge is 2.35. The number of carbonyl (C=O) groups is 2. The van der Waals surface area contributed by atoms with Gasteiger partial charge >= 0.3 is 16.2 Å². The van der Waals surface area contributed by atoms with Crippen molar-refractivity contribution in [2.45, 2.75) is 19.3 Å². The third-order valence-corrected chi connectivity index (χ3v) is 5.33. The van der Waals surface area contributed by atoms with Crippen molar-refractivity contribution in [3.05, 3.63) is 35.9 Å². The smallest absolute Gasteiger partial charge is 0.326 e. The van der Waals surface area contributed by atoms with Crippen LogP contribution in [0.1, 0.15) is 18.4 Å². The highest BCUT2D eigenvalue weighted by atomic mass is 32.2. The number of aromatic hydroxyl groups is 1. The minimum atomic E-state index is -4.01. The molecule has 8 nitrogen and oxygen atoms in total. The second kappa shape index (κ2) is 6.25. The van der Waals surface area contributed by atoms with Gasteiger partial charge in [0, 0.05) is 6.42 Å². The molecule has 0 unspecified atom stereocenters. The Morgan fingerprint density at radius 2 is 1.96 bits per heavy atom. The molecule has 0 aromatic heterocycles. The van der Waals surface area contributed by atoms with Gasteiger partial charge in [-0.1, -0.05) is 18.2 Å². The number of nitrogens with zero attached hydrogens (tertiary/aromatic N) is 1. The predicted octanol–water partition coefficient (Wildman–Crippen LogP) is 1.13. The number of fused-ring (bicyclic) bond motifs is 1. The van der Waals surface area contributed by atoms with Crippen molar-refractivity contribution in [3.8, 4) is 5.75 Å². The number of phenols is 1. The maximum Gasteiger partial charge on any atom is 0.326 e. The first-order chi connectivity index (χ1) is 11.8. The average molecular weight is 364 g/mol. The van der Waals surface area contributed by atoms with Crippen LogP contribution in [0.15, 0.2) is 30.3 Å². The van der Waals surface area contributed by atoms with Gasteiger partial charge in [0.25, 0.3) is 5.91 Å². The number of carboxylic acid groups (broad SMARTS) is 1. The van der Waals surface area contributed by atoms with Crippen LogP contribution in [-0.2, 0) is 26.2 Å². The van der Waals surface area contributed by atoms with E-state index in [1.165, 1.54) is 12.1 Å². The summed E-state index contributed by atoms with van der Waals surface area (Å²) < 4.78 is 26.6. The summed E-state index contributed by atoms with van der Waals surface area (Å²) in [5.41, 5.74) is 0.928. The molecule has 0 radical (unpaired) electrons. The van der Waals surface area contributed by atoms with Crippen molar-refractivity contribution in [2.24, 2.45) is 0 Å². The fraction of sp³-hybridized carbons (Fsp3) is 0.250. The maximum absolute atomic E-state index is 12.0. The van der Waals surface area contributed by atoms with Gasteiger partial charge in [-0.25, -0.2) is 9.03 Å². The molecule has 132 valence electrons. The number of amides is 1. The topological polar surface area (TPSA) is 124 Å². The number of aliphatic carboxylic acids is 1. The molecule has 0 bridgehead atoms. The molecule has 1 amide bonds. The Kier molecular flexibility index (Phi) is 4.25. The quantitative estimate of drug-likeness (QED) is 0.731. The van der Waals surface area contributed by atoms with E-state index in [1.54, 1.807) is 6.07 Å². The lowest BCUT2D eigenvalue weighted by Crippen LogP contribution is -2.29. The Morgan fingerprint density at radius 3 is 2.60 bits per heavy atom. The van der Waals surface area contributed by atoms with E-state index in [-0.39, 0.29) is 24.4 Å². The standard InChI is InChI=1S/C16H16N2O6S/c19-14-8-11-5-4-10(2-1-3-16(21)22)6-12(11)7-13(14)18-9-15(20)17-25(18,23)24/h4-8,19H,1-3,9H2,(H,17,20)(H,21,22). The zero-order valence-corrected chi connectivity index (χ0v) is 13.9. The Hall–Kier alpha value is -2.81. The molecule has 9 heteroatoms. The van der Waals surface area contributed by atoms with E-state index in [4.69, 9.17) is 5.11 Å². The van der Waals surface area contributed by atoms with Gasteiger partial charge < -0.3 is 10.2 Å². The van der Waals surface area contributed by atoms with Gasteiger partial charge in [0.05, 0.1) is 5.69 Å². The van der Waals surface area contributed by atoms with Crippen LogP contribution in [0.25, 0.3) is 10.8 Å². The molecule has 25 heavy (non-hydrogen) atoms. The molecule has 1 heterocycles. The molecule has 0 spiro atoms. The molecule has 1 aliphatic rings. The number of hydrogen-bond donors (Lipinski definition) is 3. The number of carboxylic acids is 1. The van der Waals surface area contributed by atoms with Crippen LogP contribution in [0.3, 0.4) is 0 Å². The van der Waals surface area contributed by atoms with Gasteiger partial charge in [-0.05, 0) is 41.3 Å². The van der Waals surface area contributed by atoms with Gasteiger partial charge in [0.1, 0.15) is 12.3 Å². The SMILES string of the molecule is O=C(O)CCCc1ccc2cc(O)c(N3CC(=O)NS3(=O)=O)cc2c1. The van der Waals surface area contributed by atoms with Crippen LogP contribution in [0.4, 0.5) is 5.69 Å². The summed E-state index contributed by atoms with van der Waals surface area (Å²) in [5.74, 6) is -1.77. The van der Waals surface area contributed by atoms with Gasteiger partial charge in [-0.2, -0.15) is 8.42 Å². The second-order valence-electron chi connectivity index (χ2n) is 5.81. The summed E-state index contributed by atoms with van der Waals surface area (Å²) in [6.07, 6.45) is 1.13. The van der Waals surface area contributed by atoms with Gasteiger partial charge in [0.15, 0.2) is 0 Å². The van der Waals surface area contributed by atoms with E-state index in [0.29, 0.717) is 23.6 Å². The van der Waals surface area contributed by atoms with Crippen molar-refractivity contribution >= 4 is 38.5 Å². The molecule has 3 rings (SSSR count). The molecule has 1 saturated heterocycles. The third kappa shape index (κ3) is 3.50. The summed E-state index contributed by atoms with van der Waals surface area (Å²) in [6.45, 7) is -0.389. The lowest BCUT2D eigenvalue weighted by Gasteiger charge is -2.17. The third-order valence-electron chi connectivity index (χ3n) is 3.94. The fourth-order valence-electron chi connectivity index (χ4n) is 2.78. The largest absolute Gasteiger partial charge is 0.506 e. The molecule has 3 N–H and O–H groups in total. The number of phenolic OH excluding ortho intramolecular Hbond substituents is 1. The summed E-state index contributed by atoms with van der Waals surface area (Å²) in [6, 6.07) is 8.36. The Balaban J connectivity index is 1.96. The summed E-state index contributed by atoms with van der Waals surface area (Å²) >= 11 is 0. The van der Waals surface area contributed by atoms with Crippen molar-refractivity contribution in [2.75, 3.05) is 10.8 Å². The summed E-state index contributed by atoms with van der Waals surface area (Å²) in [4.78, 5) is 22.0. The van der Waals surface area contributed by atoms with E-state index < -0.39 is 22.1 Å². The number of rotatable bonds is 5. The Bertz CT molecular complexity index is 970. The molecule has 0 atom stereocenters. The lowest BCUT2D eigenvalue weighted by atomic mass is 10.0. The van der Waals surface area contributed by atoms with Gasteiger partial charge in [-0.3, -0.25) is 9.59 Å². The molecular formula is C16H16N2O6S. The van der Waals surface area contributed by atoms with Crippen LogP contribution in [-0.4, -0.2) is 37.1 Å². The summed E-state index contributed by atoms with van der Waals surface area (Å²) in [5, 5.41) is 20.2. The van der Waals surface area contributed by atoms with Crippen molar-refractivity contribution < 1.29 is 28.2 Å². The van der Waals surface area contributed by atoms with E-state index in [1.807, 2.05) is 16.9 Å². The highest BCUT2D eigenvalue weighted by molar-refractivity contribution is 7.92. The number of anilines is 1. The van der Waals surface area contributed by atoms with Gasteiger partial charge in [-0.15, -0.1) is 0 Å². The van der Waals surface area contributed by atoms with Crippen LogP contribution >= 0.6 is 0 Å². The highest BCUT2D eigenvalue weighted by Crippen LogP contribution is 2.35. The van der Waals surface area contributed by atoms with E-state index in [2.05, 4.69) is 0 Å². The van der Waals surface area contributed by atoms with Crippen LogP contribution in [0.5, 0.6) is 5.75 Å². The van der Waals surface area contributed by atoms with Crippen LogP contribution < -0.4 is 9.03 Å². The predicted molar refractivity (Wildman–Crippen MR) is 90.6 cm³/mol. The first-order valence-corrected chi connectivity index (χ1v) is 9.01. The molecule has 0 saturated carbocycles. The summed E-state index contributed by atoms with van der Waals surface area (Å²) in [7, 11) is -4.01. The van der Waals surface area contributed by atoms with Gasteiger partial charge in [0.2, 0.25) is 0 Å². The normalized spacial score (nSPS) is 16.2. The maximum atomic E-state index is 12.0. The number of hydrogen-bond acceptors (Lipinski definition) is 5. The second-order valence-corrected chi connectivity index (χ2v) is 7.40. The van der Waals surface area contributed by atoms with E-state index in [9.17, 15) is 23.1 Å². The Morgan fingerprint density at radius 1 is 1.20 bits per heavy atom. The minimum Gasteiger partial charge on any atom is -0.506 e. The van der Waals surface area contributed by atoms with E-state index >= 15 is 0 Å². The molecular weight excluding hydrogens is 348 g/mol. The minimum absolute atomic E-state index is 0.0218. The van der Waals surface area contributed by atoms with Crippen LogP contribution in [0.2, 0.25) is 0 Å². The number of aryl methyl sites for hydroxylation is 1. The van der Waals surface area contributed by atoms with Crippen molar-refractivity contribution in [1.82, 2.24) is 4.72 Å². The van der Waals surface area contributed by atoms with Crippen LogP contribution in [0, 0.1) is 0 Å². The Labute approximate surface area is 143 Å². The fourth-order valence-corrected chi connectivity index (χ4v) is 3.94. The average Bonchev–Trinajstić information content (AvgIpc) is 2.79. The number of benzene rings is 2. The molecule has 1 fully saturated rings. The van der Waals surface area contributed by atoms with Crippen molar-refractivity contribution in [3.63, 3.8) is 0 Å². The zero-order chi connectivity index (χ0) is 18.2. The van der Waals surface area contributed by atoms with Crippen molar-refractivity contribution in [1.29, 1.82) is 0 Å².